The zero-order valence-electron chi connectivity index (χ0n) is 11.8. The van der Waals surface area contributed by atoms with Crippen LogP contribution in [0.4, 0.5) is 5.69 Å². The summed E-state index contributed by atoms with van der Waals surface area (Å²) in [7, 11) is 4.05. The van der Waals surface area contributed by atoms with E-state index >= 15 is 0 Å². The first kappa shape index (κ1) is 14.6. The Labute approximate surface area is 120 Å². The molecule has 1 aromatic carbocycles. The van der Waals surface area contributed by atoms with Crippen molar-refractivity contribution < 1.29 is 4.74 Å². The van der Waals surface area contributed by atoms with Crippen LogP contribution in [-0.2, 0) is 11.3 Å². The van der Waals surface area contributed by atoms with Gasteiger partial charge in [0, 0.05) is 26.7 Å². The second kappa shape index (κ2) is 7.13. The maximum atomic E-state index is 6.38. The summed E-state index contributed by atoms with van der Waals surface area (Å²) in [5, 5.41) is 3.96. The predicted octanol–water partition coefficient (Wildman–Crippen LogP) is 2.92. The van der Waals surface area contributed by atoms with Crippen molar-refractivity contribution in [3.05, 3.63) is 28.8 Å². The molecule has 0 bridgehead atoms. The Morgan fingerprint density at radius 2 is 2.32 bits per heavy atom. The fourth-order valence-electron chi connectivity index (χ4n) is 2.61. The second-order valence-corrected chi connectivity index (χ2v) is 5.69. The lowest BCUT2D eigenvalue weighted by atomic mass is 10.0. The van der Waals surface area contributed by atoms with Gasteiger partial charge in [-0.15, -0.1) is 0 Å². The van der Waals surface area contributed by atoms with Gasteiger partial charge in [-0.2, -0.15) is 0 Å². The lowest BCUT2D eigenvalue weighted by molar-refractivity contribution is 0.0576. The molecular formula is C15H23ClN2O. The van der Waals surface area contributed by atoms with Crippen molar-refractivity contribution in [2.24, 2.45) is 5.92 Å². The Morgan fingerprint density at radius 1 is 1.47 bits per heavy atom. The van der Waals surface area contributed by atoms with Gasteiger partial charge in [-0.05, 0) is 43.5 Å². The van der Waals surface area contributed by atoms with Gasteiger partial charge in [-0.1, -0.05) is 17.7 Å². The van der Waals surface area contributed by atoms with Gasteiger partial charge in [0.25, 0.3) is 0 Å². The zero-order valence-corrected chi connectivity index (χ0v) is 12.5. The number of ether oxygens (including phenoxy) is 1. The van der Waals surface area contributed by atoms with Crippen LogP contribution in [-0.4, -0.2) is 33.9 Å². The third-order valence-corrected chi connectivity index (χ3v) is 3.89. The third kappa shape index (κ3) is 4.10. The maximum absolute atomic E-state index is 6.38. The van der Waals surface area contributed by atoms with Crippen LogP contribution in [0, 0.1) is 5.92 Å². The lowest BCUT2D eigenvalue weighted by Gasteiger charge is -2.29. The van der Waals surface area contributed by atoms with Crippen LogP contribution in [0.5, 0.6) is 0 Å². The molecule has 1 fully saturated rings. The first-order valence-electron chi connectivity index (χ1n) is 6.92. The zero-order chi connectivity index (χ0) is 13.7. The van der Waals surface area contributed by atoms with Crippen LogP contribution in [0.3, 0.4) is 0 Å². The van der Waals surface area contributed by atoms with Crippen LogP contribution >= 0.6 is 11.6 Å². The highest BCUT2D eigenvalue weighted by Gasteiger charge is 2.17. The summed E-state index contributed by atoms with van der Waals surface area (Å²) in [5.41, 5.74) is 2.32. The summed E-state index contributed by atoms with van der Waals surface area (Å²) in [6.45, 7) is 3.64. The van der Waals surface area contributed by atoms with Crippen LogP contribution in [0.2, 0.25) is 5.02 Å². The van der Waals surface area contributed by atoms with E-state index in [1.807, 2.05) is 13.1 Å². The minimum Gasteiger partial charge on any atom is -0.381 e. The van der Waals surface area contributed by atoms with Gasteiger partial charge in [0.05, 0.1) is 17.3 Å². The highest BCUT2D eigenvalue weighted by atomic mass is 35.5. The Hall–Kier alpha value is -0.770. The Morgan fingerprint density at radius 3 is 2.95 bits per heavy atom. The Balaban J connectivity index is 1.99. The van der Waals surface area contributed by atoms with Gasteiger partial charge in [0.15, 0.2) is 0 Å². The van der Waals surface area contributed by atoms with E-state index in [0.29, 0.717) is 5.92 Å². The normalized spacial score (nSPS) is 19.4. The lowest BCUT2D eigenvalue weighted by Crippen LogP contribution is -2.31. The molecule has 1 saturated heterocycles. The smallest absolute Gasteiger partial charge is 0.0642 e. The van der Waals surface area contributed by atoms with Crippen molar-refractivity contribution >= 4 is 17.3 Å². The molecule has 1 atom stereocenters. The highest BCUT2D eigenvalue weighted by Crippen LogP contribution is 2.27. The molecule has 0 radical (unpaired) electrons. The van der Waals surface area contributed by atoms with Crippen molar-refractivity contribution in [2.45, 2.75) is 19.4 Å². The van der Waals surface area contributed by atoms with E-state index < -0.39 is 0 Å². The molecule has 0 aromatic heterocycles. The average molecular weight is 283 g/mol. The van der Waals surface area contributed by atoms with Crippen molar-refractivity contribution in [2.75, 3.05) is 38.8 Å². The Kier molecular flexibility index (Phi) is 5.49. The van der Waals surface area contributed by atoms with Crippen molar-refractivity contribution in [1.29, 1.82) is 0 Å². The topological polar surface area (TPSA) is 24.5 Å². The van der Waals surface area contributed by atoms with E-state index in [1.165, 1.54) is 18.4 Å². The van der Waals surface area contributed by atoms with Crippen molar-refractivity contribution in [1.82, 2.24) is 5.32 Å². The van der Waals surface area contributed by atoms with Crippen LogP contribution in [0.1, 0.15) is 18.4 Å². The van der Waals surface area contributed by atoms with Crippen LogP contribution < -0.4 is 10.2 Å². The molecule has 106 valence electrons. The largest absolute Gasteiger partial charge is 0.381 e. The fraction of sp³-hybridized carbons (Fsp3) is 0.600. The van der Waals surface area contributed by atoms with Crippen molar-refractivity contribution in [3.8, 4) is 0 Å². The molecule has 0 aliphatic carbocycles. The molecule has 19 heavy (non-hydrogen) atoms. The number of halogens is 1. The van der Waals surface area contributed by atoms with Gasteiger partial charge in [-0.25, -0.2) is 0 Å². The Bertz CT molecular complexity index is 405. The molecule has 1 heterocycles. The van der Waals surface area contributed by atoms with E-state index in [9.17, 15) is 0 Å². The summed E-state index contributed by atoms with van der Waals surface area (Å²) in [4.78, 5) is 2.24. The van der Waals surface area contributed by atoms with Gasteiger partial charge in [0.2, 0.25) is 0 Å². The van der Waals surface area contributed by atoms with Crippen LogP contribution in [0.25, 0.3) is 0 Å². The maximum Gasteiger partial charge on any atom is 0.0642 e. The molecule has 0 saturated carbocycles. The van der Waals surface area contributed by atoms with Gasteiger partial charge < -0.3 is 15.0 Å². The third-order valence-electron chi connectivity index (χ3n) is 3.59. The van der Waals surface area contributed by atoms with Gasteiger partial charge in [-0.3, -0.25) is 0 Å². The first-order valence-corrected chi connectivity index (χ1v) is 7.30. The van der Waals surface area contributed by atoms with Crippen molar-refractivity contribution in [3.63, 3.8) is 0 Å². The monoisotopic (exact) mass is 282 g/mol. The summed E-state index contributed by atoms with van der Waals surface area (Å²) in [5.74, 6) is 0.617. The molecule has 1 aliphatic rings. The summed E-state index contributed by atoms with van der Waals surface area (Å²) >= 11 is 6.38. The number of benzene rings is 1. The standard InChI is InChI=1S/C15H23ClN2O/c1-17-9-12-5-6-15(14(16)8-12)18(2)10-13-4-3-7-19-11-13/h5-6,8,13,17H,3-4,7,9-11H2,1-2H3. The SMILES string of the molecule is CNCc1ccc(N(C)CC2CCCOC2)c(Cl)c1. The highest BCUT2D eigenvalue weighted by molar-refractivity contribution is 6.33. The molecule has 4 heteroatoms. The quantitative estimate of drug-likeness (QED) is 0.899. The van der Waals surface area contributed by atoms with E-state index in [0.717, 1.165) is 37.0 Å². The minimum absolute atomic E-state index is 0.617. The van der Waals surface area contributed by atoms with E-state index in [2.05, 4.69) is 29.4 Å². The number of nitrogens with one attached hydrogen (secondary N) is 1. The predicted molar refractivity (Wildman–Crippen MR) is 81.0 cm³/mol. The number of hydrogen-bond donors (Lipinski definition) is 1. The minimum atomic E-state index is 0.617. The molecule has 3 nitrogen and oxygen atoms in total. The van der Waals surface area contributed by atoms with Gasteiger partial charge in [0.1, 0.15) is 0 Å². The first-order chi connectivity index (χ1) is 9.20. The van der Waals surface area contributed by atoms with E-state index in [-0.39, 0.29) is 0 Å². The molecule has 1 aliphatic heterocycles. The molecule has 0 amide bonds. The molecule has 1 unspecified atom stereocenters. The summed E-state index contributed by atoms with van der Waals surface area (Å²) < 4.78 is 5.53. The summed E-state index contributed by atoms with van der Waals surface area (Å²) in [6.07, 6.45) is 2.42. The van der Waals surface area contributed by atoms with E-state index in [1.54, 1.807) is 0 Å². The number of nitrogens with zero attached hydrogens (tertiary/aromatic N) is 1. The molecule has 2 rings (SSSR count). The number of anilines is 1. The average Bonchev–Trinajstić information content (AvgIpc) is 2.40. The van der Waals surface area contributed by atoms with Gasteiger partial charge >= 0.3 is 0 Å². The van der Waals surface area contributed by atoms with E-state index in [4.69, 9.17) is 16.3 Å². The number of rotatable bonds is 5. The molecular weight excluding hydrogens is 260 g/mol. The number of hydrogen-bond acceptors (Lipinski definition) is 3. The second-order valence-electron chi connectivity index (χ2n) is 5.28. The molecule has 1 N–H and O–H groups in total. The molecule has 0 spiro atoms. The fourth-order valence-corrected chi connectivity index (χ4v) is 2.96. The summed E-state index contributed by atoms with van der Waals surface area (Å²) in [6, 6.07) is 6.28. The van der Waals surface area contributed by atoms with Crippen LogP contribution in [0.15, 0.2) is 18.2 Å². The molecule has 1 aromatic rings.